The average Bonchev–Trinajstić information content (AvgIpc) is 2.63. The second-order valence-electron chi connectivity index (χ2n) is 4.09. The van der Waals surface area contributed by atoms with Crippen molar-refractivity contribution in [2.75, 3.05) is 13.1 Å². The third-order valence-electron chi connectivity index (χ3n) is 3.03. The summed E-state index contributed by atoms with van der Waals surface area (Å²) in [4.78, 5) is 10.1. The maximum atomic E-state index is 10.1. The van der Waals surface area contributed by atoms with E-state index in [0.29, 0.717) is 6.54 Å². The number of amides is 1. The van der Waals surface area contributed by atoms with E-state index in [1.54, 1.807) is 0 Å². The normalized spacial score (nSPS) is 14.6. The smallest absolute Gasteiger partial charge is 0.207 e. The zero-order valence-corrected chi connectivity index (χ0v) is 9.62. The highest BCUT2D eigenvalue weighted by molar-refractivity contribution is 5.45. The number of carbonyl (C=O) groups excluding carboxylic acids is 1. The van der Waals surface area contributed by atoms with Gasteiger partial charge in [-0.05, 0) is 13.3 Å². The summed E-state index contributed by atoms with van der Waals surface area (Å²) in [6.45, 7) is 5.67. The van der Waals surface area contributed by atoms with Crippen molar-refractivity contribution in [2.24, 2.45) is 0 Å². The molecule has 0 aromatic carbocycles. The molecule has 0 fully saturated rings. The van der Waals surface area contributed by atoms with E-state index < -0.39 is 0 Å². The highest BCUT2D eigenvalue weighted by Gasteiger charge is 2.16. The Morgan fingerprint density at radius 2 is 2.50 bits per heavy atom. The number of hydrogen-bond donors (Lipinski definition) is 2. The number of nitrogens with one attached hydrogen (secondary N) is 2. The lowest BCUT2D eigenvalue weighted by Gasteiger charge is -2.11. The molecule has 0 saturated carbocycles. The van der Waals surface area contributed by atoms with Crippen molar-refractivity contribution in [2.45, 2.75) is 32.9 Å². The minimum absolute atomic E-state index is 0.714. The van der Waals surface area contributed by atoms with Crippen LogP contribution in [-0.2, 0) is 24.3 Å². The van der Waals surface area contributed by atoms with Gasteiger partial charge in [-0.25, -0.2) is 0 Å². The van der Waals surface area contributed by atoms with Gasteiger partial charge < -0.3 is 10.6 Å². The van der Waals surface area contributed by atoms with Gasteiger partial charge in [0.05, 0.1) is 5.69 Å². The molecular weight excluding hydrogens is 204 g/mol. The van der Waals surface area contributed by atoms with Crippen LogP contribution in [0.1, 0.15) is 23.4 Å². The molecule has 0 radical (unpaired) electrons. The van der Waals surface area contributed by atoms with Gasteiger partial charge in [0, 0.05) is 43.9 Å². The lowest BCUT2D eigenvalue weighted by atomic mass is 10.1. The number of aromatic nitrogens is 2. The SMILES string of the molecule is Cc1c2c(nn1CCCNC=O)CCNC2. The van der Waals surface area contributed by atoms with E-state index in [4.69, 9.17) is 0 Å². The van der Waals surface area contributed by atoms with Gasteiger partial charge in [0.25, 0.3) is 0 Å². The molecule has 5 heteroatoms. The molecule has 88 valence electrons. The molecule has 2 N–H and O–H groups in total. The van der Waals surface area contributed by atoms with Crippen LogP contribution >= 0.6 is 0 Å². The Balaban J connectivity index is 1.98. The van der Waals surface area contributed by atoms with Crippen LogP contribution in [0, 0.1) is 6.92 Å². The maximum absolute atomic E-state index is 10.1. The highest BCUT2D eigenvalue weighted by Crippen LogP contribution is 2.17. The zero-order chi connectivity index (χ0) is 11.4. The topological polar surface area (TPSA) is 59.0 Å². The zero-order valence-electron chi connectivity index (χ0n) is 9.62. The lowest BCUT2D eigenvalue weighted by Crippen LogP contribution is -2.23. The van der Waals surface area contributed by atoms with Crippen LogP contribution < -0.4 is 10.6 Å². The van der Waals surface area contributed by atoms with E-state index in [1.807, 2.05) is 0 Å². The van der Waals surface area contributed by atoms with E-state index in [0.717, 1.165) is 38.9 Å². The van der Waals surface area contributed by atoms with Gasteiger partial charge in [-0.2, -0.15) is 5.10 Å². The molecule has 0 atom stereocenters. The minimum atomic E-state index is 0.714. The van der Waals surface area contributed by atoms with Crippen molar-refractivity contribution in [3.63, 3.8) is 0 Å². The molecule has 2 heterocycles. The number of aryl methyl sites for hydroxylation is 1. The van der Waals surface area contributed by atoms with Crippen LogP contribution in [0.25, 0.3) is 0 Å². The van der Waals surface area contributed by atoms with Crippen molar-refractivity contribution in [3.8, 4) is 0 Å². The number of rotatable bonds is 5. The second kappa shape index (κ2) is 5.12. The van der Waals surface area contributed by atoms with E-state index in [-0.39, 0.29) is 0 Å². The van der Waals surface area contributed by atoms with Gasteiger partial charge in [-0.3, -0.25) is 9.48 Å². The fourth-order valence-electron chi connectivity index (χ4n) is 2.10. The molecule has 1 aromatic heterocycles. The second-order valence-corrected chi connectivity index (χ2v) is 4.09. The molecule has 1 aliphatic rings. The molecule has 1 aliphatic heterocycles. The number of hydrogen-bond acceptors (Lipinski definition) is 3. The molecule has 1 amide bonds. The fourth-order valence-corrected chi connectivity index (χ4v) is 2.10. The van der Waals surface area contributed by atoms with Crippen molar-refractivity contribution in [1.82, 2.24) is 20.4 Å². The summed E-state index contributed by atoms with van der Waals surface area (Å²) in [6.07, 6.45) is 2.69. The molecular formula is C11H18N4O. The fraction of sp³-hybridized carbons (Fsp3) is 0.636. The monoisotopic (exact) mass is 222 g/mol. The molecule has 0 spiro atoms. The number of fused-ring (bicyclic) bond motifs is 1. The molecule has 0 aliphatic carbocycles. The molecule has 1 aromatic rings. The van der Waals surface area contributed by atoms with Gasteiger partial charge in [0.2, 0.25) is 6.41 Å². The lowest BCUT2D eigenvalue weighted by molar-refractivity contribution is -0.109. The Kier molecular flexibility index (Phi) is 3.56. The largest absolute Gasteiger partial charge is 0.359 e. The standard InChI is InChI=1S/C11H18N4O/c1-9-10-7-12-5-3-11(10)14-15(9)6-2-4-13-8-16/h8,12H,2-7H2,1H3,(H,13,16). The Hall–Kier alpha value is -1.36. The quantitative estimate of drug-likeness (QED) is 0.543. The van der Waals surface area contributed by atoms with Gasteiger partial charge in [0.15, 0.2) is 0 Å². The van der Waals surface area contributed by atoms with Gasteiger partial charge in [-0.15, -0.1) is 0 Å². The summed E-state index contributed by atoms with van der Waals surface area (Å²) in [5.74, 6) is 0. The summed E-state index contributed by atoms with van der Waals surface area (Å²) in [7, 11) is 0. The van der Waals surface area contributed by atoms with Crippen LogP contribution in [0.4, 0.5) is 0 Å². The maximum Gasteiger partial charge on any atom is 0.207 e. The van der Waals surface area contributed by atoms with E-state index in [1.165, 1.54) is 17.0 Å². The Morgan fingerprint density at radius 1 is 1.62 bits per heavy atom. The summed E-state index contributed by atoms with van der Waals surface area (Å²) >= 11 is 0. The summed E-state index contributed by atoms with van der Waals surface area (Å²) in [5, 5.41) is 10.6. The highest BCUT2D eigenvalue weighted by atomic mass is 16.1. The Bertz CT molecular complexity index is 372. The van der Waals surface area contributed by atoms with Crippen LogP contribution in [0.5, 0.6) is 0 Å². The molecule has 5 nitrogen and oxygen atoms in total. The van der Waals surface area contributed by atoms with Crippen molar-refractivity contribution in [3.05, 3.63) is 17.0 Å². The first kappa shape index (κ1) is 11.1. The van der Waals surface area contributed by atoms with Gasteiger partial charge in [0.1, 0.15) is 0 Å². The Labute approximate surface area is 95.2 Å². The third-order valence-corrected chi connectivity index (χ3v) is 3.03. The van der Waals surface area contributed by atoms with Gasteiger partial charge in [-0.1, -0.05) is 0 Å². The van der Waals surface area contributed by atoms with E-state index in [2.05, 4.69) is 27.3 Å². The van der Waals surface area contributed by atoms with Crippen LogP contribution in [0.3, 0.4) is 0 Å². The predicted molar refractivity (Wildman–Crippen MR) is 61.1 cm³/mol. The Morgan fingerprint density at radius 3 is 3.25 bits per heavy atom. The number of nitrogens with zero attached hydrogens (tertiary/aromatic N) is 2. The van der Waals surface area contributed by atoms with Crippen LogP contribution in [-0.4, -0.2) is 29.3 Å². The molecule has 0 unspecified atom stereocenters. The van der Waals surface area contributed by atoms with E-state index in [9.17, 15) is 4.79 Å². The summed E-state index contributed by atoms with van der Waals surface area (Å²) in [5.41, 5.74) is 3.85. The third kappa shape index (κ3) is 2.24. The first-order valence-corrected chi connectivity index (χ1v) is 5.76. The molecule has 16 heavy (non-hydrogen) atoms. The predicted octanol–water partition coefficient (Wildman–Crippen LogP) is -0.0267. The van der Waals surface area contributed by atoms with E-state index >= 15 is 0 Å². The summed E-state index contributed by atoms with van der Waals surface area (Å²) in [6, 6.07) is 0. The van der Waals surface area contributed by atoms with Gasteiger partial charge >= 0.3 is 0 Å². The number of carbonyl (C=O) groups is 1. The average molecular weight is 222 g/mol. The molecule has 0 saturated heterocycles. The van der Waals surface area contributed by atoms with Crippen LogP contribution in [0.2, 0.25) is 0 Å². The van der Waals surface area contributed by atoms with Crippen molar-refractivity contribution < 1.29 is 4.79 Å². The van der Waals surface area contributed by atoms with Crippen molar-refractivity contribution >= 4 is 6.41 Å². The summed E-state index contributed by atoms with van der Waals surface area (Å²) < 4.78 is 2.06. The van der Waals surface area contributed by atoms with Crippen LogP contribution in [0.15, 0.2) is 0 Å². The first-order valence-electron chi connectivity index (χ1n) is 5.76. The first-order chi connectivity index (χ1) is 7.83. The van der Waals surface area contributed by atoms with Crippen molar-refractivity contribution in [1.29, 1.82) is 0 Å². The molecule has 2 rings (SSSR count). The minimum Gasteiger partial charge on any atom is -0.359 e. The molecule has 0 bridgehead atoms.